The van der Waals surface area contributed by atoms with Gasteiger partial charge in [-0.2, -0.15) is 0 Å². The smallest absolute Gasteiger partial charge is 0.158 e. The lowest BCUT2D eigenvalue weighted by Gasteiger charge is -2.09. The fourth-order valence-corrected chi connectivity index (χ4v) is 1.98. The highest BCUT2D eigenvalue weighted by Crippen LogP contribution is 2.10. The Morgan fingerprint density at radius 2 is 2.11 bits per heavy atom. The topological polar surface area (TPSA) is 102 Å². The first-order valence-corrected chi connectivity index (χ1v) is 7.69. The third-order valence-corrected chi connectivity index (χ3v) is 3.62. The van der Waals surface area contributed by atoms with E-state index in [0.717, 1.165) is 0 Å². The average molecular weight is 287 g/mol. The number of ether oxygens (including phenoxy) is 1. The molecule has 0 aliphatic carbocycles. The first-order valence-electron chi connectivity index (χ1n) is 6.20. The van der Waals surface area contributed by atoms with Crippen molar-refractivity contribution in [1.82, 2.24) is 9.97 Å². The zero-order valence-electron chi connectivity index (χ0n) is 11.3. The van der Waals surface area contributed by atoms with Crippen LogP contribution in [0.4, 0.5) is 11.6 Å². The van der Waals surface area contributed by atoms with Gasteiger partial charge in [0.05, 0.1) is 0 Å². The molecule has 108 valence electrons. The first kappa shape index (κ1) is 15.8. The molecule has 0 aliphatic rings. The summed E-state index contributed by atoms with van der Waals surface area (Å²) in [7, 11) is -0.789. The van der Waals surface area contributed by atoms with Crippen LogP contribution in [-0.2, 0) is 22.1 Å². The van der Waals surface area contributed by atoms with Gasteiger partial charge in [0, 0.05) is 41.5 Å². The lowest BCUT2D eigenvalue weighted by molar-refractivity contribution is 0.128. The fourth-order valence-electron chi connectivity index (χ4n) is 1.36. The number of anilines is 2. The van der Waals surface area contributed by atoms with E-state index < -0.39 is 10.8 Å². The van der Waals surface area contributed by atoms with E-state index in [1.165, 1.54) is 0 Å². The summed E-state index contributed by atoms with van der Waals surface area (Å²) in [5.74, 6) is 8.32. The number of nitrogens with zero attached hydrogens (tertiary/aromatic N) is 2. The first-order chi connectivity index (χ1) is 9.19. The maximum absolute atomic E-state index is 11.3. The van der Waals surface area contributed by atoms with Crippen LogP contribution in [-0.4, -0.2) is 38.8 Å². The van der Waals surface area contributed by atoms with Crippen molar-refractivity contribution >= 4 is 22.4 Å². The normalized spacial score (nSPS) is 12.2. The van der Waals surface area contributed by atoms with Gasteiger partial charge in [-0.1, -0.05) is 6.92 Å². The Bertz CT molecular complexity index is 416. The van der Waals surface area contributed by atoms with Crippen LogP contribution in [0.2, 0.25) is 0 Å². The number of hydrogen-bond donors (Lipinski definition) is 3. The van der Waals surface area contributed by atoms with Crippen molar-refractivity contribution in [2.45, 2.75) is 20.5 Å². The maximum atomic E-state index is 11.3. The van der Waals surface area contributed by atoms with Gasteiger partial charge in [-0.05, 0) is 6.92 Å². The Kier molecular flexibility index (Phi) is 7.31. The summed E-state index contributed by atoms with van der Waals surface area (Å²) in [6, 6.07) is 1.70. The molecule has 1 aromatic rings. The number of hydrogen-bond acceptors (Lipinski definition) is 7. The number of rotatable bonds is 9. The summed E-state index contributed by atoms with van der Waals surface area (Å²) in [5, 5.41) is 3.11. The quantitative estimate of drug-likeness (QED) is 0.448. The van der Waals surface area contributed by atoms with Crippen LogP contribution in [0.15, 0.2) is 6.07 Å². The van der Waals surface area contributed by atoms with Crippen molar-refractivity contribution in [3.05, 3.63) is 11.9 Å². The number of hydrazine groups is 1. The molecule has 1 aromatic heterocycles. The van der Waals surface area contributed by atoms with Crippen LogP contribution in [0.3, 0.4) is 0 Å². The van der Waals surface area contributed by atoms with Gasteiger partial charge in [0.15, 0.2) is 5.82 Å². The van der Waals surface area contributed by atoms with E-state index in [-0.39, 0.29) is 0 Å². The zero-order valence-corrected chi connectivity index (χ0v) is 12.1. The molecule has 0 saturated carbocycles. The molecule has 1 rings (SSSR count). The van der Waals surface area contributed by atoms with Crippen LogP contribution >= 0.6 is 0 Å². The molecular formula is C11H21N5O2S. The van der Waals surface area contributed by atoms with Gasteiger partial charge < -0.3 is 15.5 Å². The molecule has 0 radical (unpaired) electrons. The monoisotopic (exact) mass is 287 g/mol. The molecule has 0 aliphatic heterocycles. The van der Waals surface area contributed by atoms with E-state index in [1.54, 1.807) is 6.07 Å². The van der Waals surface area contributed by atoms with E-state index in [2.05, 4.69) is 20.7 Å². The van der Waals surface area contributed by atoms with E-state index in [1.807, 2.05) is 13.8 Å². The summed E-state index contributed by atoms with van der Waals surface area (Å²) < 4.78 is 16.6. The third-order valence-electron chi connectivity index (χ3n) is 2.31. The van der Waals surface area contributed by atoms with Gasteiger partial charge in [0.1, 0.15) is 18.2 Å². The number of nitrogens with two attached hydrogens (primary N) is 1. The van der Waals surface area contributed by atoms with Gasteiger partial charge in [0.2, 0.25) is 0 Å². The Morgan fingerprint density at radius 3 is 2.74 bits per heavy atom. The van der Waals surface area contributed by atoms with Gasteiger partial charge in [-0.25, -0.2) is 15.8 Å². The van der Waals surface area contributed by atoms with Gasteiger partial charge in [-0.15, -0.1) is 0 Å². The van der Waals surface area contributed by atoms with Gasteiger partial charge in [0.25, 0.3) is 0 Å². The summed E-state index contributed by atoms with van der Waals surface area (Å²) in [6.45, 7) is 5.33. The highest BCUT2D eigenvalue weighted by atomic mass is 32.2. The Hall–Kier alpha value is -1.25. The minimum Gasteiger partial charge on any atom is -0.374 e. The van der Waals surface area contributed by atoms with Crippen LogP contribution in [0.1, 0.15) is 19.7 Å². The predicted molar refractivity (Wildman–Crippen MR) is 77.2 cm³/mol. The number of nitrogen functional groups attached to an aromatic ring is 1. The summed E-state index contributed by atoms with van der Waals surface area (Å²) in [5.41, 5.74) is 2.49. The second-order valence-electron chi connectivity index (χ2n) is 3.70. The average Bonchev–Trinajstić information content (AvgIpc) is 2.44. The molecule has 0 bridgehead atoms. The molecule has 8 heteroatoms. The van der Waals surface area contributed by atoms with Crippen molar-refractivity contribution in [2.24, 2.45) is 5.84 Å². The van der Waals surface area contributed by atoms with Gasteiger partial charge in [-0.3, -0.25) is 4.21 Å². The minimum atomic E-state index is -0.789. The largest absolute Gasteiger partial charge is 0.374 e. The highest BCUT2D eigenvalue weighted by molar-refractivity contribution is 7.84. The van der Waals surface area contributed by atoms with Crippen molar-refractivity contribution in [2.75, 3.05) is 35.4 Å². The molecule has 4 N–H and O–H groups in total. The molecule has 0 saturated heterocycles. The Morgan fingerprint density at radius 1 is 1.37 bits per heavy atom. The van der Waals surface area contributed by atoms with E-state index in [4.69, 9.17) is 10.6 Å². The summed E-state index contributed by atoms with van der Waals surface area (Å²) in [6.07, 6.45) is 0. The molecule has 0 spiro atoms. The van der Waals surface area contributed by atoms with Crippen LogP contribution < -0.4 is 16.6 Å². The van der Waals surface area contributed by atoms with E-state index in [0.29, 0.717) is 48.7 Å². The SMILES string of the molecule is CCOCc1nc(NN)cc(NCCS(=O)CC)n1. The molecule has 19 heavy (non-hydrogen) atoms. The third kappa shape index (κ3) is 5.95. The Balaban J connectivity index is 2.62. The summed E-state index contributed by atoms with van der Waals surface area (Å²) >= 11 is 0. The fraction of sp³-hybridized carbons (Fsp3) is 0.636. The molecule has 1 unspecified atom stereocenters. The molecular weight excluding hydrogens is 266 g/mol. The molecule has 7 nitrogen and oxygen atoms in total. The minimum absolute atomic E-state index is 0.335. The molecule has 0 fully saturated rings. The standard InChI is InChI=1S/C11H21N5O2S/c1-3-18-8-11-14-9(7-10(15-11)16-12)13-5-6-19(17)4-2/h7H,3-6,8,12H2,1-2H3,(H2,13,14,15,16). The van der Waals surface area contributed by atoms with Crippen molar-refractivity contribution in [3.63, 3.8) is 0 Å². The van der Waals surface area contributed by atoms with Gasteiger partial charge >= 0.3 is 0 Å². The van der Waals surface area contributed by atoms with Crippen LogP contribution in [0.5, 0.6) is 0 Å². The molecule has 1 heterocycles. The molecule has 0 amide bonds. The van der Waals surface area contributed by atoms with Crippen molar-refractivity contribution in [3.8, 4) is 0 Å². The van der Waals surface area contributed by atoms with Crippen LogP contribution in [0.25, 0.3) is 0 Å². The second kappa shape index (κ2) is 8.78. The Labute approximate surface area is 115 Å². The predicted octanol–water partition coefficient (Wildman–Crippen LogP) is 0.479. The van der Waals surface area contributed by atoms with Crippen molar-refractivity contribution < 1.29 is 8.95 Å². The number of aromatic nitrogens is 2. The zero-order chi connectivity index (χ0) is 14.1. The lowest BCUT2D eigenvalue weighted by atomic mass is 10.5. The second-order valence-corrected chi connectivity index (χ2v) is 5.56. The van der Waals surface area contributed by atoms with Crippen LogP contribution in [0, 0.1) is 0 Å². The van der Waals surface area contributed by atoms with E-state index in [9.17, 15) is 4.21 Å². The number of nitrogens with one attached hydrogen (secondary N) is 2. The molecule has 1 atom stereocenters. The summed E-state index contributed by atoms with van der Waals surface area (Å²) in [4.78, 5) is 8.48. The maximum Gasteiger partial charge on any atom is 0.158 e. The van der Waals surface area contributed by atoms with Crippen molar-refractivity contribution in [1.29, 1.82) is 0 Å². The molecule has 0 aromatic carbocycles. The lowest BCUT2D eigenvalue weighted by Crippen LogP contribution is -2.16. The highest BCUT2D eigenvalue weighted by Gasteiger charge is 2.04. The van der Waals surface area contributed by atoms with E-state index >= 15 is 0 Å².